The topological polar surface area (TPSA) is 18.5 Å². The molecule has 0 bridgehead atoms. The van der Waals surface area contributed by atoms with Gasteiger partial charge in [0.05, 0.1) is 5.56 Å². The van der Waals surface area contributed by atoms with Crippen molar-refractivity contribution in [1.82, 2.24) is 0 Å². The second kappa shape index (κ2) is 9.70. The zero-order valence-corrected chi connectivity index (χ0v) is 17.0. The molecule has 3 rings (SSSR count). The van der Waals surface area contributed by atoms with E-state index in [1.807, 2.05) is 0 Å². The number of aryl methyl sites for hydroxylation is 1. The third kappa shape index (κ3) is 5.35. The lowest BCUT2D eigenvalue weighted by Crippen LogP contribution is -2.22. The SMILES string of the molecule is C=CCOc1ccc2cc(OC(F)(F)c3ccc(CCCCC)cc3)c(F)cc2c1. The fourth-order valence-electron chi connectivity index (χ4n) is 3.19. The number of halogens is 3. The average Bonchev–Trinajstić information content (AvgIpc) is 2.73. The van der Waals surface area contributed by atoms with Gasteiger partial charge in [-0.25, -0.2) is 4.39 Å². The molecule has 0 unspecified atom stereocenters. The molecule has 0 radical (unpaired) electrons. The van der Waals surface area contributed by atoms with E-state index < -0.39 is 17.7 Å². The lowest BCUT2D eigenvalue weighted by Gasteiger charge is -2.19. The van der Waals surface area contributed by atoms with Crippen molar-refractivity contribution in [3.8, 4) is 11.5 Å². The Hall–Kier alpha value is -2.95. The van der Waals surface area contributed by atoms with Crippen LogP contribution >= 0.6 is 0 Å². The maximum atomic E-state index is 14.6. The van der Waals surface area contributed by atoms with Gasteiger partial charge in [0.25, 0.3) is 0 Å². The van der Waals surface area contributed by atoms with Crippen molar-refractivity contribution in [2.45, 2.75) is 38.7 Å². The van der Waals surface area contributed by atoms with E-state index in [0.717, 1.165) is 31.2 Å². The van der Waals surface area contributed by atoms with Crippen LogP contribution in [0.4, 0.5) is 13.2 Å². The van der Waals surface area contributed by atoms with Crippen molar-refractivity contribution in [3.05, 3.63) is 84.2 Å². The summed E-state index contributed by atoms with van der Waals surface area (Å²) in [5, 5.41) is 1.10. The molecule has 0 atom stereocenters. The van der Waals surface area contributed by atoms with Gasteiger partial charge in [-0.3, -0.25) is 0 Å². The molecule has 0 heterocycles. The zero-order valence-electron chi connectivity index (χ0n) is 17.0. The Bertz CT molecular complexity index is 997. The highest BCUT2D eigenvalue weighted by molar-refractivity contribution is 5.85. The van der Waals surface area contributed by atoms with Crippen molar-refractivity contribution in [3.63, 3.8) is 0 Å². The Kier molecular flexibility index (Phi) is 7.03. The summed E-state index contributed by atoms with van der Waals surface area (Å²) in [4.78, 5) is 0. The van der Waals surface area contributed by atoms with Crippen molar-refractivity contribution >= 4 is 10.8 Å². The van der Waals surface area contributed by atoms with E-state index in [9.17, 15) is 13.2 Å². The smallest absolute Gasteiger partial charge is 0.426 e. The van der Waals surface area contributed by atoms with E-state index in [1.165, 1.54) is 24.3 Å². The van der Waals surface area contributed by atoms with Crippen LogP contribution in [0.3, 0.4) is 0 Å². The van der Waals surface area contributed by atoms with E-state index in [0.29, 0.717) is 23.1 Å². The second-order valence-corrected chi connectivity index (χ2v) is 7.16. The molecule has 0 aromatic heterocycles. The lowest BCUT2D eigenvalue weighted by atomic mass is 10.0. The number of hydrogen-bond donors (Lipinski definition) is 0. The third-order valence-electron chi connectivity index (χ3n) is 4.83. The van der Waals surface area contributed by atoms with Gasteiger partial charge in [-0.1, -0.05) is 50.6 Å². The fourth-order valence-corrected chi connectivity index (χ4v) is 3.19. The van der Waals surface area contributed by atoms with Crippen LogP contribution in [0.1, 0.15) is 37.3 Å². The summed E-state index contributed by atoms with van der Waals surface area (Å²) in [6, 6.07) is 13.4. The summed E-state index contributed by atoms with van der Waals surface area (Å²) < 4.78 is 54.0. The standard InChI is InChI=1S/C25H25F3O2/c1-3-5-6-7-18-8-11-21(12-9-18)25(27,28)30-24-17-19-10-13-22(29-14-4-2)15-20(19)16-23(24)26/h4,8-13,15-17H,2-3,5-7,14H2,1H3. The van der Waals surface area contributed by atoms with Gasteiger partial charge in [-0.2, -0.15) is 8.78 Å². The van der Waals surface area contributed by atoms with Crippen molar-refractivity contribution in [1.29, 1.82) is 0 Å². The summed E-state index contributed by atoms with van der Waals surface area (Å²) in [6.07, 6.45) is 2.02. The minimum atomic E-state index is -3.65. The summed E-state index contributed by atoms with van der Waals surface area (Å²) in [6.45, 7) is 6.00. The normalized spacial score (nSPS) is 11.5. The molecule has 0 fully saturated rings. The molecular formula is C25H25F3O2. The molecular weight excluding hydrogens is 389 g/mol. The Morgan fingerprint density at radius 1 is 0.967 bits per heavy atom. The maximum absolute atomic E-state index is 14.6. The molecule has 3 aromatic rings. The van der Waals surface area contributed by atoms with Crippen LogP contribution in [0.5, 0.6) is 11.5 Å². The highest BCUT2D eigenvalue weighted by Crippen LogP contribution is 2.35. The number of alkyl halides is 2. The molecule has 0 aliphatic carbocycles. The first-order chi connectivity index (χ1) is 14.4. The quantitative estimate of drug-likeness (QED) is 0.254. The molecule has 2 nitrogen and oxygen atoms in total. The minimum Gasteiger partial charge on any atom is -0.490 e. The molecule has 5 heteroatoms. The van der Waals surface area contributed by atoms with Crippen LogP contribution in [0.25, 0.3) is 10.8 Å². The van der Waals surface area contributed by atoms with Crippen LogP contribution in [-0.4, -0.2) is 6.61 Å². The van der Waals surface area contributed by atoms with Gasteiger partial charge >= 0.3 is 6.11 Å². The number of fused-ring (bicyclic) bond motifs is 1. The molecule has 30 heavy (non-hydrogen) atoms. The lowest BCUT2D eigenvalue weighted by molar-refractivity contribution is -0.186. The number of unbranched alkanes of at least 4 members (excludes halogenated alkanes) is 2. The van der Waals surface area contributed by atoms with Crippen LogP contribution in [0.15, 0.2) is 67.3 Å². The molecule has 0 spiro atoms. The van der Waals surface area contributed by atoms with Gasteiger partial charge in [0.2, 0.25) is 0 Å². The van der Waals surface area contributed by atoms with Gasteiger partial charge in [-0.05, 0) is 65.6 Å². The maximum Gasteiger partial charge on any atom is 0.426 e. The Morgan fingerprint density at radius 2 is 1.73 bits per heavy atom. The largest absolute Gasteiger partial charge is 0.490 e. The first-order valence-corrected chi connectivity index (χ1v) is 10.1. The molecule has 0 amide bonds. The molecule has 0 aliphatic heterocycles. The summed E-state index contributed by atoms with van der Waals surface area (Å²) >= 11 is 0. The Balaban J connectivity index is 1.78. The molecule has 0 saturated carbocycles. The highest BCUT2D eigenvalue weighted by Gasteiger charge is 2.35. The predicted octanol–water partition coefficient (Wildman–Crippen LogP) is 7.40. The highest BCUT2D eigenvalue weighted by atomic mass is 19.3. The van der Waals surface area contributed by atoms with Crippen LogP contribution in [-0.2, 0) is 12.5 Å². The fraction of sp³-hybridized carbons (Fsp3) is 0.280. The van der Waals surface area contributed by atoms with Crippen molar-refractivity contribution in [2.24, 2.45) is 0 Å². The summed E-state index contributed by atoms with van der Waals surface area (Å²) in [5.74, 6) is -0.821. The van der Waals surface area contributed by atoms with E-state index in [4.69, 9.17) is 9.47 Å². The minimum absolute atomic E-state index is 0.311. The van der Waals surface area contributed by atoms with Gasteiger partial charge < -0.3 is 9.47 Å². The number of hydrogen-bond acceptors (Lipinski definition) is 2. The molecule has 158 valence electrons. The average molecular weight is 414 g/mol. The molecule has 0 saturated heterocycles. The van der Waals surface area contributed by atoms with E-state index in [2.05, 4.69) is 13.5 Å². The molecule has 0 aliphatic rings. The first-order valence-electron chi connectivity index (χ1n) is 10.1. The molecule has 0 N–H and O–H groups in total. The van der Waals surface area contributed by atoms with Gasteiger partial charge in [0.1, 0.15) is 12.4 Å². The Morgan fingerprint density at radius 3 is 2.43 bits per heavy atom. The number of rotatable bonds is 10. The molecule has 3 aromatic carbocycles. The van der Waals surface area contributed by atoms with Crippen LogP contribution in [0, 0.1) is 5.82 Å². The number of ether oxygens (including phenoxy) is 2. The van der Waals surface area contributed by atoms with Crippen molar-refractivity contribution in [2.75, 3.05) is 6.61 Å². The van der Waals surface area contributed by atoms with Gasteiger partial charge in [-0.15, -0.1) is 0 Å². The Labute approximate surface area is 174 Å². The van der Waals surface area contributed by atoms with Crippen LogP contribution < -0.4 is 9.47 Å². The van der Waals surface area contributed by atoms with E-state index in [1.54, 1.807) is 36.4 Å². The third-order valence-corrected chi connectivity index (χ3v) is 4.83. The van der Waals surface area contributed by atoms with Gasteiger partial charge in [0.15, 0.2) is 11.6 Å². The first kappa shape index (κ1) is 21.8. The van der Waals surface area contributed by atoms with Gasteiger partial charge in [0, 0.05) is 0 Å². The zero-order chi connectivity index (χ0) is 21.6. The number of benzene rings is 3. The monoisotopic (exact) mass is 414 g/mol. The predicted molar refractivity (Wildman–Crippen MR) is 114 cm³/mol. The van der Waals surface area contributed by atoms with E-state index >= 15 is 0 Å². The summed E-state index contributed by atoms with van der Waals surface area (Å²) in [5.41, 5.74) is 0.684. The second-order valence-electron chi connectivity index (χ2n) is 7.16. The summed E-state index contributed by atoms with van der Waals surface area (Å²) in [7, 11) is 0. The van der Waals surface area contributed by atoms with E-state index in [-0.39, 0.29) is 5.56 Å². The van der Waals surface area contributed by atoms with Crippen molar-refractivity contribution < 1.29 is 22.6 Å². The van der Waals surface area contributed by atoms with Crippen LogP contribution in [0.2, 0.25) is 0 Å².